The van der Waals surface area contributed by atoms with Crippen molar-refractivity contribution in [3.8, 4) is 0 Å². The molecule has 11 heavy (non-hydrogen) atoms. The first-order valence-electron chi connectivity index (χ1n) is 3.63. The number of carbonyl (C=O) groups is 1. The van der Waals surface area contributed by atoms with Crippen molar-refractivity contribution in [3.63, 3.8) is 0 Å². The molecule has 0 aliphatic heterocycles. The third-order valence-electron chi connectivity index (χ3n) is 1.31. The molecule has 0 saturated heterocycles. The lowest BCUT2D eigenvalue weighted by atomic mass is 10.1. The summed E-state index contributed by atoms with van der Waals surface area (Å²) in [6.45, 7) is 4.41. The molecule has 0 heterocycles. The summed E-state index contributed by atoms with van der Waals surface area (Å²) in [4.78, 5) is 10.7. The van der Waals surface area contributed by atoms with Gasteiger partial charge in [0.25, 0.3) is 0 Å². The molecular formula is C8H13FO2. The second kappa shape index (κ2) is 5.89. The minimum absolute atomic E-state index is 0.351. The molecule has 0 N–H and O–H groups in total. The fourth-order valence-electron chi connectivity index (χ4n) is 0.644. The Balaban J connectivity index is 3.56. The predicted octanol–water partition coefficient (Wildman–Crippen LogP) is 2.20. The molecule has 0 aliphatic rings. The van der Waals surface area contributed by atoms with Gasteiger partial charge in [-0.3, -0.25) is 0 Å². The lowest BCUT2D eigenvalue weighted by Gasteiger charge is -2.01. The molecule has 0 aromatic heterocycles. The molecule has 0 aromatic carbocycles. The SMILES string of the molecule is C=C(CCCC)C(=O)OCF. The Kier molecular flexibility index (Phi) is 5.43. The van der Waals surface area contributed by atoms with Gasteiger partial charge < -0.3 is 4.74 Å². The van der Waals surface area contributed by atoms with Gasteiger partial charge >= 0.3 is 5.97 Å². The summed E-state index contributed by atoms with van der Waals surface area (Å²) in [6.07, 6.45) is 2.47. The summed E-state index contributed by atoms with van der Waals surface area (Å²) >= 11 is 0. The Labute approximate surface area is 66.0 Å². The van der Waals surface area contributed by atoms with Crippen LogP contribution in [0.4, 0.5) is 4.39 Å². The van der Waals surface area contributed by atoms with Crippen LogP contribution >= 0.6 is 0 Å². The van der Waals surface area contributed by atoms with E-state index in [2.05, 4.69) is 11.3 Å². The van der Waals surface area contributed by atoms with E-state index in [-0.39, 0.29) is 0 Å². The van der Waals surface area contributed by atoms with Crippen molar-refractivity contribution in [2.45, 2.75) is 26.2 Å². The molecule has 0 saturated carbocycles. The van der Waals surface area contributed by atoms with Crippen molar-refractivity contribution in [2.24, 2.45) is 0 Å². The molecular weight excluding hydrogens is 147 g/mol. The lowest BCUT2D eigenvalue weighted by molar-refractivity contribution is -0.143. The smallest absolute Gasteiger partial charge is 0.335 e. The van der Waals surface area contributed by atoms with Crippen LogP contribution in [0.5, 0.6) is 0 Å². The average Bonchev–Trinajstić information content (AvgIpc) is 2.00. The van der Waals surface area contributed by atoms with E-state index in [0.717, 1.165) is 12.8 Å². The molecule has 0 atom stereocenters. The summed E-state index contributed by atoms with van der Waals surface area (Å²) in [5.41, 5.74) is 0.351. The number of carbonyl (C=O) groups excluding carboxylic acids is 1. The van der Waals surface area contributed by atoms with E-state index in [1.165, 1.54) is 0 Å². The van der Waals surface area contributed by atoms with E-state index in [1.807, 2.05) is 6.92 Å². The number of alkyl halides is 1. The second-order valence-corrected chi connectivity index (χ2v) is 2.25. The monoisotopic (exact) mass is 160 g/mol. The van der Waals surface area contributed by atoms with Crippen LogP contribution in [-0.4, -0.2) is 12.8 Å². The first-order chi connectivity index (χ1) is 5.22. The maximum absolute atomic E-state index is 11.4. The Morgan fingerprint density at radius 2 is 2.27 bits per heavy atom. The van der Waals surface area contributed by atoms with Gasteiger partial charge in [-0.05, 0) is 12.8 Å². The molecule has 3 heteroatoms. The van der Waals surface area contributed by atoms with Gasteiger partial charge in [0, 0.05) is 5.57 Å². The van der Waals surface area contributed by atoms with E-state index in [1.54, 1.807) is 0 Å². The first-order valence-corrected chi connectivity index (χ1v) is 3.63. The van der Waals surface area contributed by atoms with Gasteiger partial charge in [-0.2, -0.15) is 0 Å². The van der Waals surface area contributed by atoms with Gasteiger partial charge in [0.05, 0.1) is 0 Å². The molecule has 0 aliphatic carbocycles. The van der Waals surface area contributed by atoms with Crippen molar-refractivity contribution in [3.05, 3.63) is 12.2 Å². The highest BCUT2D eigenvalue weighted by Gasteiger charge is 2.06. The summed E-state index contributed by atoms with van der Waals surface area (Å²) < 4.78 is 15.5. The zero-order valence-electron chi connectivity index (χ0n) is 6.73. The Morgan fingerprint density at radius 3 is 2.73 bits per heavy atom. The van der Waals surface area contributed by atoms with E-state index in [0.29, 0.717) is 12.0 Å². The zero-order valence-corrected chi connectivity index (χ0v) is 6.73. The van der Waals surface area contributed by atoms with Crippen molar-refractivity contribution < 1.29 is 13.9 Å². The molecule has 2 nitrogen and oxygen atoms in total. The van der Waals surface area contributed by atoms with Crippen LogP contribution in [0.15, 0.2) is 12.2 Å². The van der Waals surface area contributed by atoms with E-state index in [9.17, 15) is 9.18 Å². The lowest BCUT2D eigenvalue weighted by Crippen LogP contribution is -2.05. The number of hydrogen-bond acceptors (Lipinski definition) is 2. The van der Waals surface area contributed by atoms with Gasteiger partial charge in [0.2, 0.25) is 6.86 Å². The van der Waals surface area contributed by atoms with Gasteiger partial charge in [-0.15, -0.1) is 0 Å². The number of rotatable bonds is 5. The minimum atomic E-state index is -1.07. The maximum Gasteiger partial charge on any atom is 0.335 e. The van der Waals surface area contributed by atoms with Crippen LogP contribution in [0.3, 0.4) is 0 Å². The van der Waals surface area contributed by atoms with Crippen molar-refractivity contribution in [1.82, 2.24) is 0 Å². The average molecular weight is 160 g/mol. The van der Waals surface area contributed by atoms with E-state index >= 15 is 0 Å². The third-order valence-corrected chi connectivity index (χ3v) is 1.31. The molecule has 64 valence electrons. The van der Waals surface area contributed by atoms with Crippen molar-refractivity contribution in [2.75, 3.05) is 6.86 Å². The number of hydrogen-bond donors (Lipinski definition) is 0. The summed E-state index contributed by atoms with van der Waals surface area (Å²) in [7, 11) is 0. The fraction of sp³-hybridized carbons (Fsp3) is 0.625. The largest absolute Gasteiger partial charge is 0.430 e. The van der Waals surface area contributed by atoms with Gasteiger partial charge in [-0.1, -0.05) is 19.9 Å². The van der Waals surface area contributed by atoms with Crippen LogP contribution in [0.1, 0.15) is 26.2 Å². The number of halogens is 1. The van der Waals surface area contributed by atoms with Crippen molar-refractivity contribution >= 4 is 5.97 Å². The van der Waals surface area contributed by atoms with Crippen LogP contribution in [0.2, 0.25) is 0 Å². The fourth-order valence-corrected chi connectivity index (χ4v) is 0.644. The Bertz CT molecular complexity index is 143. The first kappa shape index (κ1) is 10.1. The van der Waals surface area contributed by atoms with Crippen LogP contribution in [0.25, 0.3) is 0 Å². The van der Waals surface area contributed by atoms with Crippen LogP contribution < -0.4 is 0 Å². The van der Waals surface area contributed by atoms with Crippen molar-refractivity contribution in [1.29, 1.82) is 0 Å². The summed E-state index contributed by atoms with van der Waals surface area (Å²) in [6, 6.07) is 0. The summed E-state index contributed by atoms with van der Waals surface area (Å²) in [5.74, 6) is -0.624. The highest BCUT2D eigenvalue weighted by atomic mass is 19.1. The van der Waals surface area contributed by atoms with E-state index in [4.69, 9.17) is 0 Å². The quantitative estimate of drug-likeness (QED) is 0.455. The van der Waals surface area contributed by atoms with Gasteiger partial charge in [0.15, 0.2) is 0 Å². The Morgan fingerprint density at radius 1 is 1.64 bits per heavy atom. The normalized spacial score (nSPS) is 9.27. The standard InChI is InChI=1S/C8H13FO2/c1-3-4-5-7(2)8(10)11-6-9/h2-6H2,1H3. The molecule has 0 rings (SSSR count). The van der Waals surface area contributed by atoms with Gasteiger partial charge in [-0.25, -0.2) is 9.18 Å². The van der Waals surface area contributed by atoms with Gasteiger partial charge in [0.1, 0.15) is 0 Å². The molecule has 0 bridgehead atoms. The molecule has 0 unspecified atom stereocenters. The van der Waals surface area contributed by atoms with Crippen LogP contribution in [-0.2, 0) is 9.53 Å². The molecule has 0 fully saturated rings. The highest BCUT2D eigenvalue weighted by molar-refractivity contribution is 5.87. The molecule has 0 aromatic rings. The number of ether oxygens (including phenoxy) is 1. The highest BCUT2D eigenvalue weighted by Crippen LogP contribution is 2.06. The molecule has 0 amide bonds. The second-order valence-electron chi connectivity index (χ2n) is 2.25. The molecule has 0 radical (unpaired) electrons. The third kappa shape index (κ3) is 4.53. The number of unbranched alkanes of at least 4 members (excludes halogenated alkanes) is 1. The maximum atomic E-state index is 11.4. The minimum Gasteiger partial charge on any atom is -0.430 e. The van der Waals surface area contributed by atoms with E-state index < -0.39 is 12.8 Å². The van der Waals surface area contributed by atoms with Crippen LogP contribution in [0, 0.1) is 0 Å². The predicted molar refractivity (Wildman–Crippen MR) is 40.7 cm³/mol. The topological polar surface area (TPSA) is 26.3 Å². The summed E-state index contributed by atoms with van der Waals surface area (Å²) in [5, 5.41) is 0. The molecule has 0 spiro atoms. The zero-order chi connectivity index (χ0) is 8.69. The Hall–Kier alpha value is -0.860. The number of esters is 1.